The minimum absolute atomic E-state index is 0.0111. The van der Waals surface area contributed by atoms with Crippen LogP contribution in [0.15, 0.2) is 48.5 Å². The van der Waals surface area contributed by atoms with Gasteiger partial charge in [-0.05, 0) is 67.7 Å². The van der Waals surface area contributed by atoms with Crippen molar-refractivity contribution < 1.29 is 14.0 Å². The third-order valence-electron chi connectivity index (χ3n) is 5.16. The van der Waals surface area contributed by atoms with Gasteiger partial charge in [0.05, 0.1) is 0 Å². The SMILES string of the molecule is NC(=O)C1CCN(Cc2cccc(NC(=O)CCc3ccc(F)cc3)c2)CC1. The Balaban J connectivity index is 1.48. The van der Waals surface area contributed by atoms with Gasteiger partial charge in [0.2, 0.25) is 11.8 Å². The van der Waals surface area contributed by atoms with E-state index in [2.05, 4.69) is 10.2 Å². The molecule has 28 heavy (non-hydrogen) atoms. The second-order valence-corrected chi connectivity index (χ2v) is 7.33. The Morgan fingerprint density at radius 2 is 1.79 bits per heavy atom. The summed E-state index contributed by atoms with van der Waals surface area (Å²) >= 11 is 0. The van der Waals surface area contributed by atoms with Crippen molar-refractivity contribution in [3.8, 4) is 0 Å². The number of halogens is 1. The first-order valence-electron chi connectivity index (χ1n) is 9.64. The molecule has 0 saturated carbocycles. The molecule has 1 heterocycles. The molecule has 0 bridgehead atoms. The smallest absolute Gasteiger partial charge is 0.224 e. The number of likely N-dealkylation sites (tertiary alicyclic amines) is 1. The van der Waals surface area contributed by atoms with Gasteiger partial charge in [-0.25, -0.2) is 4.39 Å². The van der Waals surface area contributed by atoms with Crippen LogP contribution in [0.2, 0.25) is 0 Å². The second kappa shape index (κ2) is 9.46. The van der Waals surface area contributed by atoms with Crippen LogP contribution in [-0.4, -0.2) is 29.8 Å². The molecule has 1 fully saturated rings. The second-order valence-electron chi connectivity index (χ2n) is 7.33. The molecule has 0 spiro atoms. The summed E-state index contributed by atoms with van der Waals surface area (Å²) in [6.45, 7) is 2.48. The third-order valence-corrected chi connectivity index (χ3v) is 5.16. The quantitative estimate of drug-likeness (QED) is 0.771. The Hall–Kier alpha value is -2.73. The standard InChI is InChI=1S/C22H26FN3O2/c23-19-7-4-16(5-8-19)6-9-21(27)25-20-3-1-2-17(14-20)15-26-12-10-18(11-13-26)22(24)28/h1-5,7-8,14,18H,6,9-13,15H2,(H2,24,28)(H,25,27). The molecular formula is C22H26FN3O2. The van der Waals surface area contributed by atoms with Gasteiger partial charge in [0.1, 0.15) is 5.82 Å². The highest BCUT2D eigenvalue weighted by Crippen LogP contribution is 2.20. The fourth-order valence-corrected chi connectivity index (χ4v) is 3.51. The fraction of sp³-hybridized carbons (Fsp3) is 0.364. The fourth-order valence-electron chi connectivity index (χ4n) is 3.51. The summed E-state index contributed by atoms with van der Waals surface area (Å²) < 4.78 is 12.9. The van der Waals surface area contributed by atoms with E-state index in [1.165, 1.54) is 12.1 Å². The number of nitrogens with one attached hydrogen (secondary N) is 1. The van der Waals surface area contributed by atoms with Gasteiger partial charge in [0.25, 0.3) is 0 Å². The van der Waals surface area contributed by atoms with E-state index in [0.29, 0.717) is 12.8 Å². The molecule has 3 rings (SSSR count). The van der Waals surface area contributed by atoms with E-state index in [0.717, 1.165) is 49.3 Å². The molecule has 1 aliphatic rings. The average molecular weight is 383 g/mol. The van der Waals surface area contributed by atoms with E-state index < -0.39 is 0 Å². The van der Waals surface area contributed by atoms with Crippen LogP contribution >= 0.6 is 0 Å². The number of carbonyl (C=O) groups is 2. The normalized spacial score (nSPS) is 15.3. The minimum atomic E-state index is -0.274. The number of primary amides is 1. The lowest BCUT2D eigenvalue weighted by Crippen LogP contribution is -2.38. The van der Waals surface area contributed by atoms with E-state index >= 15 is 0 Å². The van der Waals surface area contributed by atoms with Gasteiger partial charge >= 0.3 is 0 Å². The van der Waals surface area contributed by atoms with Gasteiger partial charge in [0, 0.05) is 24.6 Å². The number of rotatable bonds is 7. The molecule has 6 heteroatoms. The summed E-state index contributed by atoms with van der Waals surface area (Å²) in [5.41, 5.74) is 8.21. The molecule has 5 nitrogen and oxygen atoms in total. The third kappa shape index (κ3) is 5.89. The molecule has 0 atom stereocenters. The van der Waals surface area contributed by atoms with Crippen LogP contribution in [0.1, 0.15) is 30.4 Å². The number of aryl methyl sites for hydroxylation is 1. The van der Waals surface area contributed by atoms with Gasteiger partial charge in [0.15, 0.2) is 0 Å². The predicted molar refractivity (Wildman–Crippen MR) is 107 cm³/mol. The highest BCUT2D eigenvalue weighted by atomic mass is 19.1. The maximum atomic E-state index is 12.9. The number of hydrogen-bond donors (Lipinski definition) is 2. The van der Waals surface area contributed by atoms with Crippen LogP contribution in [0.5, 0.6) is 0 Å². The van der Waals surface area contributed by atoms with Crippen molar-refractivity contribution in [2.75, 3.05) is 18.4 Å². The van der Waals surface area contributed by atoms with Crippen LogP contribution in [0.25, 0.3) is 0 Å². The molecule has 0 aromatic heterocycles. The molecule has 1 saturated heterocycles. The Morgan fingerprint density at radius 1 is 1.07 bits per heavy atom. The number of hydrogen-bond acceptors (Lipinski definition) is 3. The molecule has 1 aliphatic heterocycles. The Kier molecular flexibility index (Phi) is 6.76. The highest BCUT2D eigenvalue weighted by molar-refractivity contribution is 5.90. The molecule has 148 valence electrons. The predicted octanol–water partition coefficient (Wildman–Crippen LogP) is 3.09. The maximum Gasteiger partial charge on any atom is 0.224 e. The van der Waals surface area contributed by atoms with Crippen LogP contribution < -0.4 is 11.1 Å². The number of nitrogens with two attached hydrogens (primary N) is 1. The van der Waals surface area contributed by atoms with Crippen molar-refractivity contribution in [1.29, 1.82) is 0 Å². The van der Waals surface area contributed by atoms with E-state index in [1.807, 2.05) is 24.3 Å². The van der Waals surface area contributed by atoms with Crippen LogP contribution in [0.4, 0.5) is 10.1 Å². The first-order chi connectivity index (χ1) is 13.5. The van der Waals surface area contributed by atoms with Crippen LogP contribution in [0, 0.1) is 11.7 Å². The van der Waals surface area contributed by atoms with Crippen molar-refractivity contribution in [3.63, 3.8) is 0 Å². The molecule has 2 aromatic rings. The molecular weight excluding hydrogens is 357 g/mol. The van der Waals surface area contributed by atoms with Gasteiger partial charge in [-0.2, -0.15) is 0 Å². The largest absolute Gasteiger partial charge is 0.369 e. The Bertz CT molecular complexity index is 815. The van der Waals surface area contributed by atoms with Gasteiger partial charge in [-0.15, -0.1) is 0 Å². The monoisotopic (exact) mass is 383 g/mol. The molecule has 0 unspecified atom stereocenters. The number of nitrogens with zero attached hydrogens (tertiary/aromatic N) is 1. The van der Waals surface area contributed by atoms with Crippen molar-refractivity contribution in [2.45, 2.75) is 32.2 Å². The Labute approximate surface area is 164 Å². The van der Waals surface area contributed by atoms with Crippen molar-refractivity contribution >= 4 is 17.5 Å². The summed E-state index contributed by atoms with van der Waals surface area (Å²) in [5.74, 6) is -0.555. The first-order valence-corrected chi connectivity index (χ1v) is 9.64. The lowest BCUT2D eigenvalue weighted by molar-refractivity contribution is -0.123. The highest BCUT2D eigenvalue weighted by Gasteiger charge is 2.22. The number of carbonyl (C=O) groups excluding carboxylic acids is 2. The lowest BCUT2D eigenvalue weighted by atomic mass is 9.96. The molecule has 2 amide bonds. The van der Waals surface area contributed by atoms with Crippen molar-refractivity contribution in [1.82, 2.24) is 4.90 Å². The van der Waals surface area contributed by atoms with Crippen molar-refractivity contribution in [3.05, 3.63) is 65.5 Å². The van der Waals surface area contributed by atoms with E-state index in [1.54, 1.807) is 12.1 Å². The summed E-state index contributed by atoms with van der Waals surface area (Å²) in [7, 11) is 0. The molecule has 3 N–H and O–H groups in total. The zero-order valence-corrected chi connectivity index (χ0v) is 15.9. The Morgan fingerprint density at radius 3 is 2.46 bits per heavy atom. The van der Waals surface area contributed by atoms with Gasteiger partial charge < -0.3 is 11.1 Å². The topological polar surface area (TPSA) is 75.4 Å². The average Bonchev–Trinajstić information content (AvgIpc) is 2.68. The van der Waals surface area contributed by atoms with Gasteiger partial charge in [-0.3, -0.25) is 14.5 Å². The zero-order chi connectivity index (χ0) is 19.9. The number of benzene rings is 2. The summed E-state index contributed by atoms with van der Waals surface area (Å²) in [4.78, 5) is 25.8. The molecule has 0 radical (unpaired) electrons. The minimum Gasteiger partial charge on any atom is -0.369 e. The summed E-state index contributed by atoms with van der Waals surface area (Å²) in [6, 6.07) is 14.0. The maximum absolute atomic E-state index is 12.9. The van der Waals surface area contributed by atoms with E-state index in [-0.39, 0.29) is 23.5 Å². The molecule has 2 aromatic carbocycles. The van der Waals surface area contributed by atoms with Gasteiger partial charge in [-0.1, -0.05) is 24.3 Å². The van der Waals surface area contributed by atoms with E-state index in [4.69, 9.17) is 5.73 Å². The number of anilines is 1. The zero-order valence-electron chi connectivity index (χ0n) is 15.9. The summed E-state index contributed by atoms with van der Waals surface area (Å²) in [6.07, 6.45) is 2.52. The lowest BCUT2D eigenvalue weighted by Gasteiger charge is -2.30. The van der Waals surface area contributed by atoms with E-state index in [9.17, 15) is 14.0 Å². The number of piperidine rings is 1. The van der Waals surface area contributed by atoms with Crippen molar-refractivity contribution in [2.24, 2.45) is 11.7 Å². The van der Waals surface area contributed by atoms with Crippen LogP contribution in [-0.2, 0) is 22.6 Å². The first kappa shape index (κ1) is 20.0. The molecule has 0 aliphatic carbocycles. The van der Waals surface area contributed by atoms with Crippen LogP contribution in [0.3, 0.4) is 0 Å². The summed E-state index contributed by atoms with van der Waals surface area (Å²) in [5, 5.41) is 2.93. The number of amides is 2.